The molecule has 100 valence electrons. The van der Waals surface area contributed by atoms with Crippen LogP contribution in [0.2, 0.25) is 0 Å². The molecule has 0 aliphatic carbocycles. The number of hydrogen-bond donors (Lipinski definition) is 2. The van der Waals surface area contributed by atoms with Crippen LogP contribution in [0.3, 0.4) is 0 Å². The van der Waals surface area contributed by atoms with Gasteiger partial charge in [0.15, 0.2) is 0 Å². The van der Waals surface area contributed by atoms with Crippen LogP contribution in [0, 0.1) is 18.8 Å². The van der Waals surface area contributed by atoms with E-state index in [-0.39, 0.29) is 12.5 Å². The molecular formula is C16H14N2O2. The van der Waals surface area contributed by atoms with Crippen LogP contribution in [0.15, 0.2) is 42.7 Å². The number of aliphatic hydroxyl groups is 1. The molecule has 4 nitrogen and oxygen atoms in total. The summed E-state index contributed by atoms with van der Waals surface area (Å²) in [5.74, 6) is 5.09. The van der Waals surface area contributed by atoms with Gasteiger partial charge in [-0.05, 0) is 31.2 Å². The van der Waals surface area contributed by atoms with Crippen molar-refractivity contribution >= 4 is 11.6 Å². The van der Waals surface area contributed by atoms with E-state index in [4.69, 9.17) is 5.11 Å². The van der Waals surface area contributed by atoms with E-state index in [0.29, 0.717) is 16.8 Å². The fraction of sp³-hybridized carbons (Fsp3) is 0.125. The van der Waals surface area contributed by atoms with Gasteiger partial charge in [0.1, 0.15) is 6.61 Å². The zero-order valence-corrected chi connectivity index (χ0v) is 11.1. The standard InChI is InChI=1S/C16H14N2O2/c1-12-6-7-13(4-3-9-19)15(10-12)16(20)18-14-5-2-8-17-11-14/h2,5-8,10-11,19H,9H2,1H3,(H,18,20). The van der Waals surface area contributed by atoms with Crippen LogP contribution in [0.25, 0.3) is 0 Å². The van der Waals surface area contributed by atoms with E-state index < -0.39 is 0 Å². The van der Waals surface area contributed by atoms with Crippen molar-refractivity contribution in [2.24, 2.45) is 0 Å². The number of aryl methyl sites for hydroxylation is 1. The molecule has 1 heterocycles. The van der Waals surface area contributed by atoms with Gasteiger partial charge in [0.2, 0.25) is 0 Å². The van der Waals surface area contributed by atoms with Gasteiger partial charge in [-0.1, -0.05) is 23.5 Å². The van der Waals surface area contributed by atoms with Crippen molar-refractivity contribution in [3.8, 4) is 11.8 Å². The molecule has 0 fully saturated rings. The number of pyridine rings is 1. The summed E-state index contributed by atoms with van der Waals surface area (Å²) < 4.78 is 0. The Morgan fingerprint density at radius 2 is 2.25 bits per heavy atom. The maximum absolute atomic E-state index is 12.3. The van der Waals surface area contributed by atoms with Crippen molar-refractivity contribution in [2.45, 2.75) is 6.92 Å². The van der Waals surface area contributed by atoms with Crippen LogP contribution < -0.4 is 5.32 Å². The molecule has 0 saturated heterocycles. The molecule has 2 aromatic rings. The lowest BCUT2D eigenvalue weighted by molar-refractivity contribution is 0.102. The van der Waals surface area contributed by atoms with E-state index in [1.165, 1.54) is 0 Å². The number of benzene rings is 1. The Kier molecular flexibility index (Phi) is 4.48. The fourth-order valence-corrected chi connectivity index (χ4v) is 1.72. The number of rotatable bonds is 2. The van der Waals surface area contributed by atoms with Gasteiger partial charge in [-0.25, -0.2) is 0 Å². The highest BCUT2D eigenvalue weighted by Crippen LogP contribution is 2.13. The number of amides is 1. The largest absolute Gasteiger partial charge is 0.384 e. The van der Waals surface area contributed by atoms with Gasteiger partial charge in [-0.15, -0.1) is 0 Å². The van der Waals surface area contributed by atoms with Gasteiger partial charge >= 0.3 is 0 Å². The molecule has 1 aromatic carbocycles. The molecule has 0 unspecified atom stereocenters. The van der Waals surface area contributed by atoms with E-state index in [2.05, 4.69) is 22.1 Å². The van der Waals surface area contributed by atoms with Crippen LogP contribution in [0.1, 0.15) is 21.5 Å². The van der Waals surface area contributed by atoms with E-state index >= 15 is 0 Å². The summed E-state index contributed by atoms with van der Waals surface area (Å²) in [7, 11) is 0. The fourth-order valence-electron chi connectivity index (χ4n) is 1.72. The highest BCUT2D eigenvalue weighted by atomic mass is 16.2. The summed E-state index contributed by atoms with van der Waals surface area (Å²) in [5.41, 5.74) is 2.66. The molecule has 0 bridgehead atoms. The first-order valence-corrected chi connectivity index (χ1v) is 6.12. The summed E-state index contributed by atoms with van der Waals surface area (Å²) in [6.45, 7) is 1.67. The number of aromatic nitrogens is 1. The minimum atomic E-state index is -0.246. The first kappa shape index (κ1) is 13.8. The third-order valence-corrected chi connectivity index (χ3v) is 2.64. The van der Waals surface area contributed by atoms with Crippen molar-refractivity contribution < 1.29 is 9.90 Å². The molecule has 2 N–H and O–H groups in total. The molecule has 2 rings (SSSR count). The molecule has 0 aliphatic heterocycles. The molecule has 0 saturated carbocycles. The van der Waals surface area contributed by atoms with Crippen LogP contribution in [-0.4, -0.2) is 22.6 Å². The van der Waals surface area contributed by atoms with E-state index in [9.17, 15) is 4.79 Å². The van der Waals surface area contributed by atoms with E-state index in [1.54, 1.807) is 36.7 Å². The van der Waals surface area contributed by atoms with Crippen molar-refractivity contribution in [3.63, 3.8) is 0 Å². The highest BCUT2D eigenvalue weighted by molar-refractivity contribution is 6.06. The monoisotopic (exact) mass is 266 g/mol. The quantitative estimate of drug-likeness (QED) is 0.817. The smallest absolute Gasteiger partial charge is 0.256 e. The average Bonchev–Trinajstić information content (AvgIpc) is 2.47. The average molecular weight is 266 g/mol. The Hall–Kier alpha value is -2.64. The molecule has 20 heavy (non-hydrogen) atoms. The molecule has 0 spiro atoms. The third-order valence-electron chi connectivity index (χ3n) is 2.64. The van der Waals surface area contributed by atoms with E-state index in [1.807, 2.05) is 13.0 Å². The van der Waals surface area contributed by atoms with Crippen molar-refractivity contribution in [1.29, 1.82) is 0 Å². The van der Waals surface area contributed by atoms with Gasteiger partial charge < -0.3 is 10.4 Å². The van der Waals surface area contributed by atoms with Crippen molar-refractivity contribution in [3.05, 3.63) is 59.4 Å². The van der Waals surface area contributed by atoms with Crippen LogP contribution >= 0.6 is 0 Å². The molecule has 4 heteroatoms. The third kappa shape index (κ3) is 3.44. The maximum atomic E-state index is 12.3. The number of carbonyl (C=O) groups is 1. The first-order valence-electron chi connectivity index (χ1n) is 6.12. The van der Waals surface area contributed by atoms with Gasteiger partial charge in [-0.2, -0.15) is 0 Å². The Balaban J connectivity index is 2.31. The van der Waals surface area contributed by atoms with Gasteiger partial charge in [0.05, 0.1) is 17.4 Å². The lowest BCUT2D eigenvalue weighted by atomic mass is 10.0. The molecule has 1 amide bonds. The maximum Gasteiger partial charge on any atom is 0.256 e. The minimum absolute atomic E-state index is 0.239. The normalized spacial score (nSPS) is 9.50. The zero-order valence-electron chi connectivity index (χ0n) is 11.1. The van der Waals surface area contributed by atoms with Crippen LogP contribution in [0.5, 0.6) is 0 Å². The molecule has 1 aromatic heterocycles. The number of carbonyl (C=O) groups excluding carboxylic acids is 1. The molecule has 0 radical (unpaired) electrons. The predicted molar refractivity (Wildman–Crippen MR) is 77.3 cm³/mol. The Morgan fingerprint density at radius 1 is 1.40 bits per heavy atom. The summed E-state index contributed by atoms with van der Waals surface area (Å²) in [6.07, 6.45) is 3.22. The van der Waals surface area contributed by atoms with Gasteiger partial charge in [-0.3, -0.25) is 9.78 Å². The molecule has 0 atom stereocenters. The second kappa shape index (κ2) is 6.50. The van der Waals surface area contributed by atoms with E-state index in [0.717, 1.165) is 5.56 Å². The number of nitrogens with zero attached hydrogens (tertiary/aromatic N) is 1. The predicted octanol–water partition coefficient (Wildman–Crippen LogP) is 1.99. The minimum Gasteiger partial charge on any atom is -0.384 e. The first-order chi connectivity index (χ1) is 9.70. The summed E-state index contributed by atoms with van der Waals surface area (Å²) >= 11 is 0. The lowest BCUT2D eigenvalue weighted by Crippen LogP contribution is -2.14. The summed E-state index contributed by atoms with van der Waals surface area (Å²) in [4.78, 5) is 16.2. The van der Waals surface area contributed by atoms with Gasteiger partial charge in [0.25, 0.3) is 5.91 Å². The second-order valence-electron chi connectivity index (χ2n) is 4.20. The summed E-state index contributed by atoms with van der Waals surface area (Å²) in [5, 5.41) is 11.5. The topological polar surface area (TPSA) is 62.2 Å². The number of hydrogen-bond acceptors (Lipinski definition) is 3. The Bertz CT molecular complexity index is 670. The highest BCUT2D eigenvalue weighted by Gasteiger charge is 2.10. The van der Waals surface area contributed by atoms with Crippen molar-refractivity contribution in [1.82, 2.24) is 4.98 Å². The molecular weight excluding hydrogens is 252 g/mol. The Labute approximate surface area is 117 Å². The SMILES string of the molecule is Cc1ccc(C#CCO)c(C(=O)Nc2cccnc2)c1. The zero-order chi connectivity index (χ0) is 14.4. The molecule has 0 aliphatic rings. The van der Waals surface area contributed by atoms with Crippen LogP contribution in [0.4, 0.5) is 5.69 Å². The second-order valence-corrected chi connectivity index (χ2v) is 4.20. The van der Waals surface area contributed by atoms with Crippen molar-refractivity contribution in [2.75, 3.05) is 11.9 Å². The van der Waals surface area contributed by atoms with Gasteiger partial charge in [0, 0.05) is 11.8 Å². The number of nitrogens with one attached hydrogen (secondary N) is 1. The Morgan fingerprint density at radius 3 is 2.95 bits per heavy atom. The summed E-state index contributed by atoms with van der Waals surface area (Å²) in [6, 6.07) is 8.93. The number of anilines is 1. The van der Waals surface area contributed by atoms with Crippen LogP contribution in [-0.2, 0) is 0 Å². The lowest BCUT2D eigenvalue weighted by Gasteiger charge is -2.07. The number of aliphatic hydroxyl groups excluding tert-OH is 1.